The molecule has 0 aliphatic rings. The Labute approximate surface area is 127 Å². The molecule has 1 aromatic heterocycles. The first-order chi connectivity index (χ1) is 9.70. The maximum Gasteiger partial charge on any atom is 0.210 e. The van der Waals surface area contributed by atoms with Gasteiger partial charge in [-0.15, -0.1) is 10.2 Å². The lowest BCUT2D eigenvalue weighted by Crippen LogP contribution is -2.13. The zero-order chi connectivity index (χ0) is 14.4. The smallest absolute Gasteiger partial charge is 0.210 e. The molecule has 0 saturated heterocycles. The van der Waals surface area contributed by atoms with Gasteiger partial charge in [-0.25, -0.2) is 4.68 Å². The molecule has 108 valence electrons. The molecule has 0 atom stereocenters. The summed E-state index contributed by atoms with van der Waals surface area (Å²) < 4.78 is 1.59. The Morgan fingerprint density at radius 3 is 2.60 bits per heavy atom. The fourth-order valence-electron chi connectivity index (χ4n) is 1.57. The van der Waals surface area contributed by atoms with Crippen LogP contribution in [0.4, 0.5) is 5.69 Å². The molecule has 20 heavy (non-hydrogen) atoms. The van der Waals surface area contributed by atoms with Crippen LogP contribution in [0.2, 0.25) is 0 Å². The van der Waals surface area contributed by atoms with Gasteiger partial charge in [0, 0.05) is 11.4 Å². The van der Waals surface area contributed by atoms with Crippen molar-refractivity contribution in [2.24, 2.45) is 0 Å². The van der Waals surface area contributed by atoms with Crippen LogP contribution in [0.25, 0.3) is 0 Å². The molecular formula is C13H19N5S2. The van der Waals surface area contributed by atoms with Crippen LogP contribution >= 0.6 is 23.5 Å². The lowest BCUT2D eigenvalue weighted by molar-refractivity contribution is 0.821. The Morgan fingerprint density at radius 2 is 1.90 bits per heavy atom. The lowest BCUT2D eigenvalue weighted by atomic mass is 10.2. The summed E-state index contributed by atoms with van der Waals surface area (Å²) in [6.07, 6.45) is 1.15. The molecule has 1 heterocycles. The van der Waals surface area contributed by atoms with Gasteiger partial charge in [-0.2, -0.15) is 11.8 Å². The molecule has 4 N–H and O–H groups in total. The van der Waals surface area contributed by atoms with E-state index >= 15 is 0 Å². The minimum atomic E-state index is 0.744. The van der Waals surface area contributed by atoms with Crippen molar-refractivity contribution in [2.75, 3.05) is 17.3 Å². The number of nitrogens with two attached hydrogens (primary N) is 2. The first-order valence-corrected chi connectivity index (χ1v) is 8.59. The first-order valence-electron chi connectivity index (χ1n) is 6.45. The van der Waals surface area contributed by atoms with E-state index in [0.29, 0.717) is 0 Å². The zero-order valence-electron chi connectivity index (χ0n) is 11.5. The van der Waals surface area contributed by atoms with Crippen LogP contribution in [0.1, 0.15) is 24.7 Å². The van der Waals surface area contributed by atoms with Crippen LogP contribution < -0.4 is 11.6 Å². The molecule has 2 rings (SSSR count). The molecule has 2 aromatic rings. The highest BCUT2D eigenvalue weighted by molar-refractivity contribution is 7.98. The van der Waals surface area contributed by atoms with Gasteiger partial charge < -0.3 is 11.6 Å². The third kappa shape index (κ3) is 4.08. The van der Waals surface area contributed by atoms with E-state index in [1.807, 2.05) is 36.0 Å². The summed E-state index contributed by atoms with van der Waals surface area (Å²) in [4.78, 5) is 0. The van der Waals surface area contributed by atoms with E-state index in [0.717, 1.165) is 40.3 Å². The van der Waals surface area contributed by atoms with E-state index in [1.54, 1.807) is 16.4 Å². The highest BCUT2D eigenvalue weighted by atomic mass is 32.2. The summed E-state index contributed by atoms with van der Waals surface area (Å²) >= 11 is 3.40. The summed E-state index contributed by atoms with van der Waals surface area (Å²) in [7, 11) is 0. The third-order valence-electron chi connectivity index (χ3n) is 2.66. The van der Waals surface area contributed by atoms with Crippen molar-refractivity contribution in [3.05, 3.63) is 35.7 Å². The molecule has 0 fully saturated rings. The zero-order valence-corrected chi connectivity index (χ0v) is 13.1. The number of thioether (sulfide) groups is 2. The topological polar surface area (TPSA) is 82.8 Å². The molecule has 0 aliphatic heterocycles. The first kappa shape index (κ1) is 15.1. The molecule has 0 amide bonds. The Morgan fingerprint density at radius 1 is 1.15 bits per heavy atom. The van der Waals surface area contributed by atoms with Gasteiger partial charge in [0.2, 0.25) is 5.16 Å². The molecular weight excluding hydrogens is 290 g/mol. The lowest BCUT2D eigenvalue weighted by Gasteiger charge is -2.04. The van der Waals surface area contributed by atoms with Crippen molar-refractivity contribution in [2.45, 2.75) is 30.0 Å². The third-order valence-corrected chi connectivity index (χ3v) is 4.84. The Balaban J connectivity index is 1.91. The van der Waals surface area contributed by atoms with Crippen LogP contribution in [0.15, 0.2) is 29.4 Å². The van der Waals surface area contributed by atoms with Crippen molar-refractivity contribution in [3.63, 3.8) is 0 Å². The minimum absolute atomic E-state index is 0.744. The number of aromatic nitrogens is 3. The fourth-order valence-corrected chi connectivity index (χ4v) is 3.22. The van der Waals surface area contributed by atoms with Crippen molar-refractivity contribution in [3.8, 4) is 0 Å². The van der Waals surface area contributed by atoms with Crippen molar-refractivity contribution < 1.29 is 0 Å². The number of hydrogen-bond acceptors (Lipinski definition) is 6. The molecule has 0 aliphatic carbocycles. The molecule has 0 bridgehead atoms. The van der Waals surface area contributed by atoms with Gasteiger partial charge in [0.15, 0.2) is 5.82 Å². The molecule has 0 unspecified atom stereocenters. The predicted octanol–water partition coefficient (Wildman–Crippen LogP) is 2.51. The average Bonchev–Trinajstić information content (AvgIpc) is 2.80. The fraction of sp³-hybridized carbons (Fsp3) is 0.385. The minimum Gasteiger partial charge on any atom is -0.399 e. The van der Waals surface area contributed by atoms with E-state index in [9.17, 15) is 0 Å². The van der Waals surface area contributed by atoms with Crippen molar-refractivity contribution in [1.82, 2.24) is 14.9 Å². The number of benzene rings is 1. The SMILES string of the molecule is CCCSCc1nnc(SCc2ccc(N)cc2)n1N. The second-order valence-corrected chi connectivity index (χ2v) is 6.40. The number of nitrogen functional groups attached to an aromatic ring is 2. The highest BCUT2D eigenvalue weighted by Crippen LogP contribution is 2.22. The van der Waals surface area contributed by atoms with Gasteiger partial charge >= 0.3 is 0 Å². The van der Waals surface area contributed by atoms with E-state index in [2.05, 4.69) is 17.1 Å². The monoisotopic (exact) mass is 309 g/mol. The Bertz CT molecular complexity index is 538. The van der Waals surface area contributed by atoms with Crippen molar-refractivity contribution >= 4 is 29.2 Å². The van der Waals surface area contributed by atoms with Gasteiger partial charge in [-0.3, -0.25) is 0 Å². The summed E-state index contributed by atoms with van der Waals surface area (Å²) in [6.45, 7) is 2.16. The van der Waals surface area contributed by atoms with Gasteiger partial charge in [0.05, 0.1) is 5.75 Å². The molecule has 0 spiro atoms. The van der Waals surface area contributed by atoms with Crippen LogP contribution in [-0.4, -0.2) is 20.6 Å². The number of nitrogens with zero attached hydrogens (tertiary/aromatic N) is 3. The van der Waals surface area contributed by atoms with Crippen LogP contribution in [0.5, 0.6) is 0 Å². The summed E-state index contributed by atoms with van der Waals surface area (Å²) in [5, 5.41) is 9.02. The average molecular weight is 309 g/mol. The van der Waals surface area contributed by atoms with Gasteiger partial charge in [0.25, 0.3) is 0 Å². The van der Waals surface area contributed by atoms with E-state index in [-0.39, 0.29) is 0 Å². The standard InChI is InChI=1S/C13H19N5S2/c1-2-7-19-9-12-16-17-13(18(12)15)20-8-10-3-5-11(14)6-4-10/h3-6H,2,7-9,14-15H2,1H3. The predicted molar refractivity (Wildman–Crippen MR) is 87.0 cm³/mol. The maximum atomic E-state index is 6.01. The van der Waals surface area contributed by atoms with Crippen LogP contribution in [-0.2, 0) is 11.5 Å². The maximum absolute atomic E-state index is 6.01. The highest BCUT2D eigenvalue weighted by Gasteiger charge is 2.10. The number of hydrogen-bond donors (Lipinski definition) is 2. The Hall–Kier alpha value is -1.34. The van der Waals surface area contributed by atoms with E-state index in [4.69, 9.17) is 11.6 Å². The summed E-state index contributed by atoms with van der Waals surface area (Å²) in [5.74, 6) is 9.55. The Kier molecular flexibility index (Phi) is 5.60. The second-order valence-electron chi connectivity index (χ2n) is 4.35. The van der Waals surface area contributed by atoms with Gasteiger partial charge in [-0.1, -0.05) is 30.8 Å². The normalized spacial score (nSPS) is 10.8. The molecule has 0 radical (unpaired) electrons. The largest absolute Gasteiger partial charge is 0.399 e. The van der Waals surface area contributed by atoms with Gasteiger partial charge in [0.1, 0.15) is 0 Å². The van der Waals surface area contributed by atoms with E-state index in [1.165, 1.54) is 5.56 Å². The number of rotatable bonds is 7. The molecule has 5 nitrogen and oxygen atoms in total. The van der Waals surface area contributed by atoms with Gasteiger partial charge in [-0.05, 0) is 29.9 Å². The second kappa shape index (κ2) is 7.44. The van der Waals surface area contributed by atoms with Crippen LogP contribution in [0, 0.1) is 0 Å². The molecule has 0 saturated carbocycles. The number of anilines is 1. The molecule has 1 aromatic carbocycles. The quantitative estimate of drug-likeness (QED) is 0.354. The van der Waals surface area contributed by atoms with E-state index < -0.39 is 0 Å². The summed E-state index contributed by atoms with van der Waals surface area (Å²) in [5.41, 5.74) is 7.63. The molecule has 7 heteroatoms. The summed E-state index contributed by atoms with van der Waals surface area (Å²) in [6, 6.07) is 7.82. The van der Waals surface area contributed by atoms with Crippen molar-refractivity contribution in [1.29, 1.82) is 0 Å². The van der Waals surface area contributed by atoms with Crippen LogP contribution in [0.3, 0.4) is 0 Å².